The fraction of sp³-hybridized carbons (Fsp3) is 0.600. The van der Waals surface area contributed by atoms with Crippen molar-refractivity contribution in [2.75, 3.05) is 13.2 Å². The summed E-state index contributed by atoms with van der Waals surface area (Å²) in [4.78, 5) is 24.2. The first-order valence-corrected chi connectivity index (χ1v) is 9.16. The molecule has 0 radical (unpaired) electrons. The number of hydrogen-bond donors (Lipinski definition) is 1. The molecule has 1 atom stereocenters. The molecule has 132 valence electrons. The van der Waals surface area contributed by atoms with Crippen molar-refractivity contribution in [3.63, 3.8) is 0 Å². The minimum atomic E-state index is -0.331. The molecule has 4 nitrogen and oxygen atoms in total. The van der Waals surface area contributed by atoms with Gasteiger partial charge in [-0.1, -0.05) is 56.0 Å². The van der Waals surface area contributed by atoms with Crippen LogP contribution in [0.25, 0.3) is 0 Å². The van der Waals surface area contributed by atoms with E-state index in [4.69, 9.17) is 4.74 Å². The van der Waals surface area contributed by atoms with Crippen molar-refractivity contribution in [2.24, 2.45) is 11.8 Å². The van der Waals surface area contributed by atoms with Gasteiger partial charge in [0.15, 0.2) is 0 Å². The van der Waals surface area contributed by atoms with Crippen LogP contribution in [0.1, 0.15) is 51.0 Å². The van der Waals surface area contributed by atoms with Crippen molar-refractivity contribution in [1.29, 1.82) is 0 Å². The van der Waals surface area contributed by atoms with Crippen LogP contribution in [0.2, 0.25) is 0 Å². The molecule has 1 aliphatic rings. The Morgan fingerprint density at radius 3 is 2.58 bits per heavy atom. The van der Waals surface area contributed by atoms with Crippen molar-refractivity contribution in [1.82, 2.24) is 5.32 Å². The number of rotatable bonds is 9. The van der Waals surface area contributed by atoms with Gasteiger partial charge in [-0.05, 0) is 31.2 Å². The molecule has 1 aromatic rings. The van der Waals surface area contributed by atoms with E-state index in [1.165, 1.54) is 25.7 Å². The summed E-state index contributed by atoms with van der Waals surface area (Å²) in [6.45, 7) is 2.51. The molecule has 0 aromatic heterocycles. The molecule has 1 N–H and O–H groups in total. The van der Waals surface area contributed by atoms with Crippen molar-refractivity contribution < 1.29 is 14.3 Å². The lowest BCUT2D eigenvalue weighted by atomic mass is 9.98. The van der Waals surface area contributed by atoms with Gasteiger partial charge in [0, 0.05) is 13.0 Å². The molecular formula is C20H29NO3. The van der Waals surface area contributed by atoms with Crippen LogP contribution < -0.4 is 5.32 Å². The molecule has 0 aliphatic heterocycles. The highest BCUT2D eigenvalue weighted by Crippen LogP contribution is 2.28. The number of amides is 1. The number of esters is 1. The molecule has 1 aliphatic carbocycles. The van der Waals surface area contributed by atoms with E-state index in [-0.39, 0.29) is 17.8 Å². The Kier molecular flexibility index (Phi) is 7.80. The van der Waals surface area contributed by atoms with E-state index in [0.29, 0.717) is 31.9 Å². The van der Waals surface area contributed by atoms with Gasteiger partial charge < -0.3 is 10.1 Å². The van der Waals surface area contributed by atoms with Crippen LogP contribution in [0.4, 0.5) is 0 Å². The quantitative estimate of drug-likeness (QED) is 0.705. The predicted molar refractivity (Wildman–Crippen MR) is 94.5 cm³/mol. The molecule has 0 spiro atoms. The molecule has 0 saturated heterocycles. The largest absolute Gasteiger partial charge is 0.466 e. The zero-order valence-corrected chi connectivity index (χ0v) is 14.6. The first-order valence-electron chi connectivity index (χ1n) is 9.16. The smallest absolute Gasteiger partial charge is 0.311 e. The second-order valence-electron chi connectivity index (χ2n) is 6.63. The Balaban J connectivity index is 1.80. The highest BCUT2D eigenvalue weighted by Gasteiger charge is 2.22. The summed E-state index contributed by atoms with van der Waals surface area (Å²) in [7, 11) is 0. The third-order valence-electron chi connectivity index (χ3n) is 4.74. The van der Waals surface area contributed by atoms with Gasteiger partial charge in [-0.2, -0.15) is 0 Å². The van der Waals surface area contributed by atoms with Crippen molar-refractivity contribution >= 4 is 11.9 Å². The second-order valence-corrected chi connectivity index (χ2v) is 6.63. The average molecular weight is 331 g/mol. The molecule has 1 fully saturated rings. The van der Waals surface area contributed by atoms with Gasteiger partial charge in [0.1, 0.15) is 0 Å². The third-order valence-corrected chi connectivity index (χ3v) is 4.74. The Morgan fingerprint density at radius 2 is 1.92 bits per heavy atom. The summed E-state index contributed by atoms with van der Waals surface area (Å²) in [5, 5.41) is 2.93. The van der Waals surface area contributed by atoms with Gasteiger partial charge in [-0.3, -0.25) is 9.59 Å². The van der Waals surface area contributed by atoms with Gasteiger partial charge in [0.2, 0.25) is 5.91 Å². The van der Waals surface area contributed by atoms with E-state index in [1.807, 2.05) is 30.3 Å². The lowest BCUT2D eigenvalue weighted by molar-refractivity contribution is -0.147. The summed E-state index contributed by atoms with van der Waals surface area (Å²) in [5.74, 6) is 0.186. The number of nitrogens with one attached hydrogen (secondary N) is 1. The highest BCUT2D eigenvalue weighted by molar-refractivity contribution is 5.78. The molecule has 24 heavy (non-hydrogen) atoms. The van der Waals surface area contributed by atoms with Crippen LogP contribution in [0.15, 0.2) is 30.3 Å². The van der Waals surface area contributed by atoms with Gasteiger partial charge in [-0.25, -0.2) is 0 Å². The first-order chi connectivity index (χ1) is 11.7. The van der Waals surface area contributed by atoms with E-state index in [9.17, 15) is 9.59 Å². The number of benzene rings is 1. The lowest BCUT2D eigenvalue weighted by Gasteiger charge is -2.17. The summed E-state index contributed by atoms with van der Waals surface area (Å²) in [6, 6.07) is 9.85. The van der Waals surface area contributed by atoms with Crippen LogP contribution >= 0.6 is 0 Å². The number of ether oxygens (including phenoxy) is 1. The summed E-state index contributed by atoms with van der Waals surface area (Å²) in [5.41, 5.74) is 1.08. The molecule has 0 bridgehead atoms. The number of hydrogen-bond acceptors (Lipinski definition) is 3. The standard InChI is InChI=1S/C20H29NO3/c1-2-24-20(23)18(14-17-10-4-3-5-11-17)15-21-19(22)13-12-16-8-6-7-9-16/h3-5,10-11,16,18H,2,6-9,12-15H2,1H3,(H,21,22). The first kappa shape index (κ1) is 18.5. The molecule has 1 saturated carbocycles. The topological polar surface area (TPSA) is 55.4 Å². The SMILES string of the molecule is CCOC(=O)C(CNC(=O)CCC1CCCC1)Cc1ccccc1. The molecule has 0 heterocycles. The average Bonchev–Trinajstić information content (AvgIpc) is 3.11. The zero-order chi connectivity index (χ0) is 17.2. The van der Waals surface area contributed by atoms with Crippen LogP contribution in [0.3, 0.4) is 0 Å². The molecule has 4 heteroatoms. The summed E-state index contributed by atoms with van der Waals surface area (Å²) in [6.07, 6.45) is 7.23. The predicted octanol–water partition coefficient (Wildman–Crippen LogP) is 3.50. The van der Waals surface area contributed by atoms with Crippen molar-refractivity contribution in [2.45, 2.75) is 51.9 Å². The third kappa shape index (κ3) is 6.34. The lowest BCUT2D eigenvalue weighted by Crippen LogP contribution is -2.35. The Labute approximate surface area is 145 Å². The van der Waals surface area contributed by atoms with E-state index in [1.54, 1.807) is 6.92 Å². The van der Waals surface area contributed by atoms with Gasteiger partial charge in [-0.15, -0.1) is 0 Å². The molecular weight excluding hydrogens is 302 g/mol. The fourth-order valence-electron chi connectivity index (χ4n) is 3.36. The van der Waals surface area contributed by atoms with E-state index in [0.717, 1.165) is 12.0 Å². The number of carbonyl (C=O) groups excluding carboxylic acids is 2. The number of carbonyl (C=O) groups is 2. The maximum Gasteiger partial charge on any atom is 0.311 e. The maximum absolute atomic E-state index is 12.2. The normalized spacial score (nSPS) is 15.9. The van der Waals surface area contributed by atoms with Crippen LogP contribution in [0.5, 0.6) is 0 Å². The maximum atomic E-state index is 12.2. The second kappa shape index (κ2) is 10.1. The van der Waals surface area contributed by atoms with E-state index in [2.05, 4.69) is 5.32 Å². The highest BCUT2D eigenvalue weighted by atomic mass is 16.5. The molecule has 2 rings (SSSR count). The Bertz CT molecular complexity index is 509. The zero-order valence-electron chi connectivity index (χ0n) is 14.6. The van der Waals surface area contributed by atoms with Gasteiger partial charge in [0.05, 0.1) is 12.5 Å². The van der Waals surface area contributed by atoms with E-state index >= 15 is 0 Å². The monoisotopic (exact) mass is 331 g/mol. The van der Waals surface area contributed by atoms with Gasteiger partial charge in [0.25, 0.3) is 0 Å². The fourth-order valence-corrected chi connectivity index (χ4v) is 3.36. The van der Waals surface area contributed by atoms with Crippen LogP contribution in [0, 0.1) is 11.8 Å². The Hall–Kier alpha value is -1.84. The van der Waals surface area contributed by atoms with Crippen LogP contribution in [-0.4, -0.2) is 25.0 Å². The van der Waals surface area contributed by atoms with Crippen molar-refractivity contribution in [3.05, 3.63) is 35.9 Å². The Morgan fingerprint density at radius 1 is 1.21 bits per heavy atom. The molecule has 1 unspecified atom stereocenters. The van der Waals surface area contributed by atoms with Crippen molar-refractivity contribution in [3.8, 4) is 0 Å². The minimum Gasteiger partial charge on any atom is -0.466 e. The minimum absolute atomic E-state index is 0.0456. The molecule has 1 aromatic carbocycles. The summed E-state index contributed by atoms with van der Waals surface area (Å²) >= 11 is 0. The van der Waals surface area contributed by atoms with Gasteiger partial charge >= 0.3 is 5.97 Å². The molecule has 1 amide bonds. The van der Waals surface area contributed by atoms with Crippen LogP contribution in [-0.2, 0) is 20.7 Å². The van der Waals surface area contributed by atoms with E-state index < -0.39 is 0 Å². The summed E-state index contributed by atoms with van der Waals surface area (Å²) < 4.78 is 5.16.